The Morgan fingerprint density at radius 2 is 2.00 bits per heavy atom. The van der Waals surface area contributed by atoms with E-state index in [1.165, 1.54) is 30.2 Å². The molecular formula is C19H19FN6O3. The molecule has 10 heteroatoms. The number of amides is 2. The summed E-state index contributed by atoms with van der Waals surface area (Å²) in [6, 6.07) is 12.7. The van der Waals surface area contributed by atoms with Gasteiger partial charge in [0.15, 0.2) is 0 Å². The maximum absolute atomic E-state index is 13.4. The highest BCUT2D eigenvalue weighted by Crippen LogP contribution is 2.28. The van der Waals surface area contributed by atoms with E-state index >= 15 is 0 Å². The molecule has 1 heterocycles. The van der Waals surface area contributed by atoms with Crippen molar-refractivity contribution in [2.45, 2.75) is 13.0 Å². The molecular weight excluding hydrogens is 379 g/mol. The van der Waals surface area contributed by atoms with Gasteiger partial charge in [-0.3, -0.25) is 9.59 Å². The fourth-order valence-electron chi connectivity index (χ4n) is 2.71. The highest BCUT2D eigenvalue weighted by atomic mass is 19.1. The second-order valence-corrected chi connectivity index (χ2v) is 6.09. The summed E-state index contributed by atoms with van der Waals surface area (Å²) in [7, 11) is 1.49. The SMILES string of the molecule is COc1ccccc1N(CCC(N)=O)C(=O)Cn1nnc(-c2cccc(F)c2)n1. The Morgan fingerprint density at radius 1 is 1.21 bits per heavy atom. The molecule has 0 saturated carbocycles. The van der Waals surface area contributed by atoms with E-state index in [2.05, 4.69) is 15.4 Å². The number of tetrazole rings is 1. The summed E-state index contributed by atoms with van der Waals surface area (Å²) >= 11 is 0. The summed E-state index contributed by atoms with van der Waals surface area (Å²) in [6.45, 7) is -0.168. The molecule has 9 nitrogen and oxygen atoms in total. The summed E-state index contributed by atoms with van der Waals surface area (Å²) in [5.41, 5.74) is 6.18. The van der Waals surface area contributed by atoms with Crippen molar-refractivity contribution in [2.75, 3.05) is 18.6 Å². The van der Waals surface area contributed by atoms with Crippen LogP contribution in [0, 0.1) is 5.82 Å². The maximum atomic E-state index is 13.4. The predicted molar refractivity (Wildman–Crippen MR) is 102 cm³/mol. The average Bonchev–Trinajstić information content (AvgIpc) is 3.16. The first kappa shape index (κ1) is 19.9. The first-order chi connectivity index (χ1) is 14.0. The summed E-state index contributed by atoms with van der Waals surface area (Å²) in [5, 5.41) is 11.9. The molecule has 2 aromatic carbocycles. The minimum atomic E-state index is -0.537. The molecule has 29 heavy (non-hydrogen) atoms. The van der Waals surface area contributed by atoms with Gasteiger partial charge in [0.05, 0.1) is 12.8 Å². The number of nitrogens with zero attached hydrogens (tertiary/aromatic N) is 5. The average molecular weight is 398 g/mol. The van der Waals surface area contributed by atoms with Gasteiger partial charge in [-0.05, 0) is 29.5 Å². The Kier molecular flexibility index (Phi) is 6.12. The molecule has 0 bridgehead atoms. The van der Waals surface area contributed by atoms with Crippen molar-refractivity contribution >= 4 is 17.5 Å². The van der Waals surface area contributed by atoms with Crippen LogP contribution in [0.25, 0.3) is 11.4 Å². The van der Waals surface area contributed by atoms with Gasteiger partial charge in [-0.1, -0.05) is 24.3 Å². The number of rotatable bonds is 8. The molecule has 0 aliphatic rings. The topological polar surface area (TPSA) is 116 Å². The Bertz CT molecular complexity index is 1020. The number of para-hydroxylation sites is 2. The second-order valence-electron chi connectivity index (χ2n) is 6.09. The highest BCUT2D eigenvalue weighted by Gasteiger charge is 2.21. The fraction of sp³-hybridized carbons (Fsp3) is 0.211. The quantitative estimate of drug-likeness (QED) is 0.613. The molecule has 0 fully saturated rings. The third-order valence-corrected chi connectivity index (χ3v) is 4.07. The van der Waals surface area contributed by atoms with Gasteiger partial charge in [0.2, 0.25) is 11.7 Å². The van der Waals surface area contributed by atoms with Crippen molar-refractivity contribution in [1.29, 1.82) is 0 Å². The van der Waals surface area contributed by atoms with Gasteiger partial charge < -0.3 is 15.4 Å². The van der Waals surface area contributed by atoms with Gasteiger partial charge >= 0.3 is 0 Å². The number of hydrogen-bond acceptors (Lipinski definition) is 6. The fourth-order valence-corrected chi connectivity index (χ4v) is 2.71. The Hall–Kier alpha value is -3.82. The van der Waals surface area contributed by atoms with Crippen LogP contribution in [-0.2, 0) is 16.1 Å². The number of carbonyl (C=O) groups is 2. The van der Waals surface area contributed by atoms with E-state index in [1.807, 2.05) is 0 Å². The lowest BCUT2D eigenvalue weighted by molar-refractivity contribution is -0.120. The van der Waals surface area contributed by atoms with Crippen LogP contribution in [0.1, 0.15) is 6.42 Å². The highest BCUT2D eigenvalue weighted by molar-refractivity contribution is 5.95. The minimum absolute atomic E-state index is 0.0247. The zero-order valence-electron chi connectivity index (χ0n) is 15.7. The van der Waals surface area contributed by atoms with Crippen LogP contribution in [0.15, 0.2) is 48.5 Å². The number of nitrogens with two attached hydrogens (primary N) is 1. The lowest BCUT2D eigenvalue weighted by Crippen LogP contribution is -2.37. The third kappa shape index (κ3) is 4.92. The standard InChI is InChI=1S/C19H19FN6O3/c1-29-16-8-3-2-7-15(16)25(10-9-17(21)27)18(28)12-26-23-19(22-24-26)13-5-4-6-14(20)11-13/h2-8,11H,9-10,12H2,1H3,(H2,21,27). The maximum Gasteiger partial charge on any atom is 0.250 e. The molecule has 0 aliphatic carbocycles. The van der Waals surface area contributed by atoms with Crippen LogP contribution in [0.5, 0.6) is 5.75 Å². The lowest BCUT2D eigenvalue weighted by atomic mass is 10.2. The number of aromatic nitrogens is 4. The van der Waals surface area contributed by atoms with E-state index in [0.717, 1.165) is 4.80 Å². The van der Waals surface area contributed by atoms with Crippen LogP contribution in [0.4, 0.5) is 10.1 Å². The van der Waals surface area contributed by atoms with E-state index in [0.29, 0.717) is 17.0 Å². The van der Waals surface area contributed by atoms with Gasteiger partial charge in [-0.15, -0.1) is 10.2 Å². The van der Waals surface area contributed by atoms with Crippen molar-refractivity contribution in [3.63, 3.8) is 0 Å². The van der Waals surface area contributed by atoms with Gasteiger partial charge in [-0.25, -0.2) is 4.39 Å². The number of halogens is 1. The van der Waals surface area contributed by atoms with Crippen molar-refractivity contribution in [3.8, 4) is 17.1 Å². The zero-order valence-corrected chi connectivity index (χ0v) is 15.7. The number of ether oxygens (including phenoxy) is 1. The van der Waals surface area contributed by atoms with E-state index in [-0.39, 0.29) is 31.2 Å². The normalized spacial score (nSPS) is 10.6. The first-order valence-corrected chi connectivity index (χ1v) is 8.73. The molecule has 150 valence electrons. The lowest BCUT2D eigenvalue weighted by Gasteiger charge is -2.23. The van der Waals surface area contributed by atoms with Crippen molar-refractivity contribution in [1.82, 2.24) is 20.2 Å². The van der Waals surface area contributed by atoms with Crippen molar-refractivity contribution in [3.05, 3.63) is 54.3 Å². The van der Waals surface area contributed by atoms with Crippen LogP contribution >= 0.6 is 0 Å². The van der Waals surface area contributed by atoms with E-state index in [4.69, 9.17) is 10.5 Å². The van der Waals surface area contributed by atoms with Crippen LogP contribution in [0.2, 0.25) is 0 Å². The van der Waals surface area contributed by atoms with E-state index in [1.54, 1.807) is 30.3 Å². The molecule has 0 saturated heterocycles. The number of hydrogen-bond donors (Lipinski definition) is 1. The molecule has 3 aromatic rings. The monoisotopic (exact) mass is 398 g/mol. The second kappa shape index (κ2) is 8.91. The molecule has 1 aromatic heterocycles. The largest absolute Gasteiger partial charge is 0.495 e. The van der Waals surface area contributed by atoms with Crippen molar-refractivity contribution < 1.29 is 18.7 Å². The molecule has 0 radical (unpaired) electrons. The Balaban J connectivity index is 1.82. The van der Waals surface area contributed by atoms with Crippen molar-refractivity contribution in [2.24, 2.45) is 5.73 Å². The first-order valence-electron chi connectivity index (χ1n) is 8.73. The third-order valence-electron chi connectivity index (χ3n) is 4.07. The summed E-state index contributed by atoms with van der Waals surface area (Å²) < 4.78 is 18.7. The molecule has 2 amide bonds. The van der Waals surface area contributed by atoms with Gasteiger partial charge in [0, 0.05) is 18.5 Å². The van der Waals surface area contributed by atoms with Crippen LogP contribution < -0.4 is 15.4 Å². The zero-order chi connectivity index (χ0) is 20.8. The molecule has 0 atom stereocenters. The smallest absolute Gasteiger partial charge is 0.250 e. The Labute approximate surface area is 165 Å². The number of carbonyl (C=O) groups excluding carboxylic acids is 2. The molecule has 3 rings (SSSR count). The number of anilines is 1. The van der Waals surface area contributed by atoms with Gasteiger partial charge in [0.1, 0.15) is 18.1 Å². The summed E-state index contributed by atoms with van der Waals surface area (Å²) in [4.78, 5) is 26.7. The summed E-state index contributed by atoms with van der Waals surface area (Å²) in [5.74, 6) is -0.691. The number of methoxy groups -OCH3 is 1. The van der Waals surface area contributed by atoms with Crippen LogP contribution in [-0.4, -0.2) is 45.7 Å². The predicted octanol–water partition coefficient (Wildman–Crippen LogP) is 1.40. The van der Waals surface area contributed by atoms with Crippen LogP contribution in [0.3, 0.4) is 0 Å². The summed E-state index contributed by atoms with van der Waals surface area (Å²) in [6.07, 6.45) is -0.0247. The minimum Gasteiger partial charge on any atom is -0.495 e. The van der Waals surface area contributed by atoms with Gasteiger partial charge in [0.25, 0.3) is 5.91 Å². The molecule has 2 N–H and O–H groups in total. The van der Waals surface area contributed by atoms with Gasteiger partial charge in [-0.2, -0.15) is 4.80 Å². The van der Waals surface area contributed by atoms with E-state index < -0.39 is 11.7 Å². The number of benzene rings is 2. The van der Waals surface area contributed by atoms with E-state index in [9.17, 15) is 14.0 Å². The molecule has 0 spiro atoms. The Morgan fingerprint density at radius 3 is 2.72 bits per heavy atom. The molecule has 0 aliphatic heterocycles. The molecule has 0 unspecified atom stereocenters. The number of primary amides is 1.